The molecule has 1 saturated heterocycles. The Morgan fingerprint density at radius 2 is 1.66 bits per heavy atom. The fraction of sp³-hybridized carbons (Fsp3) is 0.391. The van der Waals surface area contributed by atoms with Crippen LogP contribution in [0.25, 0.3) is 0 Å². The van der Waals surface area contributed by atoms with E-state index in [0.717, 1.165) is 5.69 Å². The van der Waals surface area contributed by atoms with Crippen LogP contribution in [0, 0.1) is 5.92 Å². The second-order valence-corrected chi connectivity index (χ2v) is 9.18. The van der Waals surface area contributed by atoms with Gasteiger partial charge in [-0.25, -0.2) is 0 Å². The predicted molar refractivity (Wildman–Crippen MR) is 130 cm³/mol. The topological polar surface area (TPSA) is 61.9 Å². The molecule has 2 aromatic rings. The Morgan fingerprint density at radius 3 is 2.28 bits per heavy atom. The lowest BCUT2D eigenvalue weighted by Gasteiger charge is -2.38. The third-order valence-corrected chi connectivity index (χ3v) is 6.05. The first-order chi connectivity index (χ1) is 15.2. The molecular weight excluding hydrogens is 473 g/mol. The second kappa shape index (κ2) is 10.6. The highest BCUT2D eigenvalue weighted by Crippen LogP contribution is 2.35. The number of ether oxygens (including phenoxy) is 1. The summed E-state index contributed by atoms with van der Waals surface area (Å²) in [5.74, 6) is 0.139. The summed E-state index contributed by atoms with van der Waals surface area (Å²) >= 11 is 18.6. The van der Waals surface area contributed by atoms with Crippen LogP contribution >= 0.6 is 34.8 Å². The first-order valence-corrected chi connectivity index (χ1v) is 11.6. The number of carbonyl (C=O) groups excluding carboxylic acids is 2. The van der Waals surface area contributed by atoms with Gasteiger partial charge in [0.2, 0.25) is 5.91 Å². The third kappa shape index (κ3) is 5.80. The largest absolute Gasteiger partial charge is 0.479 e. The van der Waals surface area contributed by atoms with E-state index in [4.69, 9.17) is 39.5 Å². The first-order valence-electron chi connectivity index (χ1n) is 10.4. The van der Waals surface area contributed by atoms with Gasteiger partial charge in [-0.1, -0.05) is 54.7 Å². The van der Waals surface area contributed by atoms with Crippen LogP contribution in [0.5, 0.6) is 5.75 Å². The molecule has 6 nitrogen and oxygen atoms in total. The molecule has 0 aromatic heterocycles. The standard InChI is InChI=1S/C23H26Cl3N3O3/c1-14(2)23(31)29-11-9-28(10-12-29)21-17(25)5-4-6-19(21)27-22(30)15(3)32-20-8-7-16(24)13-18(20)26/h4-8,13-15H,9-12H2,1-3H3,(H,27,30). The van der Waals surface area contributed by atoms with Crippen molar-refractivity contribution in [2.24, 2.45) is 5.92 Å². The van der Waals surface area contributed by atoms with Crippen molar-refractivity contribution in [1.29, 1.82) is 0 Å². The van der Waals surface area contributed by atoms with Gasteiger partial charge in [0.25, 0.3) is 5.91 Å². The fourth-order valence-electron chi connectivity index (χ4n) is 3.50. The summed E-state index contributed by atoms with van der Waals surface area (Å²) in [6.07, 6.45) is -0.805. The summed E-state index contributed by atoms with van der Waals surface area (Å²) in [6, 6.07) is 10.2. The second-order valence-electron chi connectivity index (χ2n) is 7.93. The molecule has 0 spiro atoms. The minimum Gasteiger partial charge on any atom is -0.479 e. The molecular formula is C23H26Cl3N3O3. The van der Waals surface area contributed by atoms with Gasteiger partial charge in [0, 0.05) is 37.1 Å². The van der Waals surface area contributed by atoms with Gasteiger partial charge in [0.05, 0.1) is 21.4 Å². The molecule has 1 aliphatic rings. The van der Waals surface area contributed by atoms with Crippen molar-refractivity contribution in [1.82, 2.24) is 4.90 Å². The lowest BCUT2D eigenvalue weighted by atomic mass is 10.1. The van der Waals surface area contributed by atoms with Crippen LogP contribution in [0.3, 0.4) is 0 Å². The minimum atomic E-state index is -0.805. The molecule has 1 atom stereocenters. The predicted octanol–water partition coefficient (Wildman–Crippen LogP) is 5.36. The number of piperazine rings is 1. The van der Waals surface area contributed by atoms with Crippen LogP contribution in [-0.4, -0.2) is 49.0 Å². The van der Waals surface area contributed by atoms with Crippen molar-refractivity contribution in [3.63, 3.8) is 0 Å². The molecule has 172 valence electrons. The first kappa shape index (κ1) is 24.5. The average molecular weight is 499 g/mol. The summed E-state index contributed by atoms with van der Waals surface area (Å²) in [5, 5.41) is 4.25. The summed E-state index contributed by atoms with van der Waals surface area (Å²) in [5.41, 5.74) is 1.32. The van der Waals surface area contributed by atoms with Gasteiger partial charge in [0.15, 0.2) is 6.10 Å². The van der Waals surface area contributed by atoms with E-state index in [-0.39, 0.29) is 17.7 Å². The number of amides is 2. The Hall–Kier alpha value is -2.15. The smallest absolute Gasteiger partial charge is 0.265 e. The van der Waals surface area contributed by atoms with Crippen LogP contribution in [0.2, 0.25) is 15.1 Å². The van der Waals surface area contributed by atoms with E-state index < -0.39 is 6.10 Å². The van der Waals surface area contributed by atoms with E-state index in [2.05, 4.69) is 10.2 Å². The Labute approximate surface area is 203 Å². The maximum atomic E-state index is 12.8. The van der Waals surface area contributed by atoms with Crippen molar-refractivity contribution in [2.45, 2.75) is 26.9 Å². The molecule has 1 unspecified atom stereocenters. The fourth-order valence-corrected chi connectivity index (χ4v) is 4.25. The molecule has 9 heteroatoms. The van der Waals surface area contributed by atoms with Crippen molar-refractivity contribution in [3.05, 3.63) is 51.5 Å². The molecule has 0 radical (unpaired) electrons. The van der Waals surface area contributed by atoms with Gasteiger partial charge in [-0.2, -0.15) is 0 Å². The molecule has 1 heterocycles. The van der Waals surface area contributed by atoms with Crippen molar-refractivity contribution in [2.75, 3.05) is 36.4 Å². The highest BCUT2D eigenvalue weighted by Gasteiger charge is 2.26. The van der Waals surface area contributed by atoms with Gasteiger partial charge in [-0.05, 0) is 37.3 Å². The number of para-hydroxylation sites is 1. The zero-order chi connectivity index (χ0) is 23.4. The Bertz CT molecular complexity index is 992. The lowest BCUT2D eigenvalue weighted by molar-refractivity contribution is -0.134. The molecule has 2 aromatic carbocycles. The van der Waals surface area contributed by atoms with E-state index in [0.29, 0.717) is 52.7 Å². The molecule has 3 rings (SSSR count). The average Bonchev–Trinajstić information content (AvgIpc) is 2.75. The van der Waals surface area contributed by atoms with E-state index in [1.807, 2.05) is 18.7 Å². The van der Waals surface area contributed by atoms with Gasteiger partial charge < -0.3 is 19.9 Å². The molecule has 1 N–H and O–H groups in total. The zero-order valence-electron chi connectivity index (χ0n) is 18.2. The van der Waals surface area contributed by atoms with Gasteiger partial charge >= 0.3 is 0 Å². The maximum Gasteiger partial charge on any atom is 0.265 e. The molecule has 1 fully saturated rings. The summed E-state index contributed by atoms with van der Waals surface area (Å²) in [6.45, 7) is 7.89. The number of benzene rings is 2. The van der Waals surface area contributed by atoms with Gasteiger partial charge in [-0.15, -0.1) is 0 Å². The van der Waals surface area contributed by atoms with Gasteiger partial charge in [-0.3, -0.25) is 9.59 Å². The number of hydrogen-bond acceptors (Lipinski definition) is 4. The molecule has 0 saturated carbocycles. The van der Waals surface area contributed by atoms with Crippen LogP contribution < -0.4 is 15.0 Å². The monoisotopic (exact) mass is 497 g/mol. The van der Waals surface area contributed by atoms with Crippen LogP contribution in [0.15, 0.2) is 36.4 Å². The Kier molecular flexibility index (Phi) is 8.15. The highest BCUT2D eigenvalue weighted by molar-refractivity contribution is 6.35. The number of hydrogen-bond donors (Lipinski definition) is 1. The van der Waals surface area contributed by atoms with E-state index in [1.54, 1.807) is 43.3 Å². The van der Waals surface area contributed by atoms with E-state index in [9.17, 15) is 9.59 Å². The number of rotatable bonds is 6. The normalized spacial score (nSPS) is 15.0. The molecule has 32 heavy (non-hydrogen) atoms. The highest BCUT2D eigenvalue weighted by atomic mass is 35.5. The summed E-state index contributed by atoms with van der Waals surface area (Å²) < 4.78 is 5.72. The molecule has 2 amide bonds. The maximum absolute atomic E-state index is 12.8. The number of anilines is 2. The summed E-state index contributed by atoms with van der Waals surface area (Å²) in [7, 11) is 0. The third-order valence-electron chi connectivity index (χ3n) is 5.21. The molecule has 0 bridgehead atoms. The van der Waals surface area contributed by atoms with Crippen molar-refractivity contribution in [3.8, 4) is 5.75 Å². The van der Waals surface area contributed by atoms with Crippen LogP contribution in [0.1, 0.15) is 20.8 Å². The minimum absolute atomic E-state index is 0.0349. The number of nitrogens with one attached hydrogen (secondary N) is 1. The SMILES string of the molecule is CC(C)C(=O)N1CCN(c2c(Cl)cccc2NC(=O)C(C)Oc2ccc(Cl)cc2Cl)CC1. The van der Waals surface area contributed by atoms with Crippen LogP contribution in [-0.2, 0) is 9.59 Å². The molecule has 1 aliphatic heterocycles. The lowest BCUT2D eigenvalue weighted by Crippen LogP contribution is -2.50. The molecule has 0 aliphatic carbocycles. The van der Waals surface area contributed by atoms with E-state index >= 15 is 0 Å². The van der Waals surface area contributed by atoms with E-state index in [1.165, 1.54) is 0 Å². The van der Waals surface area contributed by atoms with Crippen molar-refractivity contribution >= 4 is 58.0 Å². The Morgan fingerprint density at radius 1 is 0.969 bits per heavy atom. The number of carbonyl (C=O) groups is 2. The quantitative estimate of drug-likeness (QED) is 0.583. The van der Waals surface area contributed by atoms with Gasteiger partial charge in [0.1, 0.15) is 5.75 Å². The summed E-state index contributed by atoms with van der Waals surface area (Å²) in [4.78, 5) is 29.1. The number of nitrogens with zero attached hydrogens (tertiary/aromatic N) is 2. The van der Waals surface area contributed by atoms with Crippen LogP contribution in [0.4, 0.5) is 11.4 Å². The zero-order valence-corrected chi connectivity index (χ0v) is 20.5. The van der Waals surface area contributed by atoms with Crippen molar-refractivity contribution < 1.29 is 14.3 Å². The Balaban J connectivity index is 1.70. The number of halogens is 3.